The minimum atomic E-state index is -0.0422. The normalized spacial score (nSPS) is 14.9. The molecule has 1 fully saturated rings. The van der Waals surface area contributed by atoms with Gasteiger partial charge in [-0.15, -0.1) is 0 Å². The van der Waals surface area contributed by atoms with E-state index in [9.17, 15) is 4.79 Å². The Morgan fingerprint density at radius 1 is 1.32 bits per heavy atom. The van der Waals surface area contributed by atoms with Gasteiger partial charge in [-0.3, -0.25) is 4.79 Å². The number of aromatic amines is 1. The maximum Gasteiger partial charge on any atom is 0.253 e. The van der Waals surface area contributed by atoms with Crippen LogP contribution in [0, 0.1) is 6.92 Å². The van der Waals surface area contributed by atoms with Crippen molar-refractivity contribution in [1.82, 2.24) is 15.2 Å². The number of nitrogens with one attached hydrogen (secondary N) is 3. The van der Waals surface area contributed by atoms with E-state index in [1.807, 2.05) is 25.1 Å². The summed E-state index contributed by atoms with van der Waals surface area (Å²) in [7, 11) is 0. The zero-order valence-electron chi connectivity index (χ0n) is 16.8. The highest BCUT2D eigenvalue weighted by Crippen LogP contribution is 2.14. The van der Waals surface area contributed by atoms with Gasteiger partial charge in [-0.25, -0.2) is 0 Å². The second-order valence-corrected chi connectivity index (χ2v) is 7.82. The van der Waals surface area contributed by atoms with Gasteiger partial charge < -0.3 is 24.8 Å². The van der Waals surface area contributed by atoms with E-state index in [1.54, 1.807) is 4.90 Å². The molecule has 2 aromatic rings. The Morgan fingerprint density at radius 3 is 2.86 bits per heavy atom. The summed E-state index contributed by atoms with van der Waals surface area (Å²) < 4.78 is 5.43. The second kappa shape index (κ2) is 10.0. The van der Waals surface area contributed by atoms with E-state index in [0.29, 0.717) is 11.7 Å². The molecular weight excluding hydrogens is 372 g/mol. The predicted molar refractivity (Wildman–Crippen MR) is 117 cm³/mol. The number of ether oxygens (including phenoxy) is 1. The molecule has 0 spiro atoms. The number of aromatic nitrogens is 1. The molecule has 0 radical (unpaired) electrons. The third-order valence-electron chi connectivity index (χ3n) is 5.21. The predicted octanol–water partition coefficient (Wildman–Crippen LogP) is 0.838. The van der Waals surface area contributed by atoms with Crippen molar-refractivity contribution in [2.45, 2.75) is 26.8 Å². The van der Waals surface area contributed by atoms with E-state index < -0.39 is 0 Å². The summed E-state index contributed by atoms with van der Waals surface area (Å²) in [5.74, 6) is 0. The van der Waals surface area contributed by atoms with Crippen LogP contribution in [-0.4, -0.2) is 60.9 Å². The van der Waals surface area contributed by atoms with Crippen LogP contribution in [0.2, 0.25) is 0 Å². The third-order valence-corrected chi connectivity index (χ3v) is 5.61. The maximum atomic E-state index is 12.6. The van der Waals surface area contributed by atoms with Crippen molar-refractivity contribution in [2.75, 3.05) is 45.9 Å². The van der Waals surface area contributed by atoms with E-state index in [-0.39, 0.29) is 5.56 Å². The van der Waals surface area contributed by atoms with E-state index in [4.69, 9.17) is 17.0 Å². The van der Waals surface area contributed by atoms with Crippen molar-refractivity contribution in [1.29, 1.82) is 0 Å². The number of H-pyrrole nitrogens is 1. The number of pyridine rings is 1. The molecule has 3 rings (SSSR count). The smallest absolute Gasteiger partial charge is 0.253 e. The van der Waals surface area contributed by atoms with Crippen LogP contribution in [0.15, 0.2) is 29.1 Å². The lowest BCUT2D eigenvalue weighted by Gasteiger charge is -2.28. The summed E-state index contributed by atoms with van der Waals surface area (Å²) in [6.45, 7) is 11.2. The van der Waals surface area contributed by atoms with Gasteiger partial charge in [-0.05, 0) is 49.7 Å². The Kier molecular flexibility index (Phi) is 7.42. The van der Waals surface area contributed by atoms with E-state index in [1.165, 1.54) is 5.56 Å². The van der Waals surface area contributed by atoms with Crippen LogP contribution in [0.1, 0.15) is 24.5 Å². The Hall–Kier alpha value is -1.96. The Bertz CT molecular complexity index is 861. The summed E-state index contributed by atoms with van der Waals surface area (Å²) in [6.07, 6.45) is 1.03. The summed E-state index contributed by atoms with van der Waals surface area (Å²) in [5, 5.41) is 5.01. The highest BCUT2D eigenvalue weighted by molar-refractivity contribution is 7.80. The van der Waals surface area contributed by atoms with Gasteiger partial charge in [0.25, 0.3) is 5.56 Å². The molecule has 152 valence electrons. The minimum absolute atomic E-state index is 0.0422. The fraction of sp³-hybridized carbons (Fsp3) is 0.524. The fourth-order valence-corrected chi connectivity index (χ4v) is 3.94. The molecule has 2 heterocycles. The van der Waals surface area contributed by atoms with Crippen molar-refractivity contribution in [2.24, 2.45) is 0 Å². The van der Waals surface area contributed by atoms with Crippen molar-refractivity contribution in [3.63, 3.8) is 0 Å². The molecule has 0 atom stereocenters. The summed E-state index contributed by atoms with van der Waals surface area (Å²) in [5.41, 5.74) is 2.76. The van der Waals surface area contributed by atoms with Gasteiger partial charge in [-0.1, -0.05) is 11.6 Å². The van der Waals surface area contributed by atoms with Crippen LogP contribution < -0.4 is 15.8 Å². The topological polar surface area (TPSA) is 61.8 Å². The van der Waals surface area contributed by atoms with Crippen molar-refractivity contribution in [3.8, 4) is 0 Å². The van der Waals surface area contributed by atoms with Crippen LogP contribution in [0.5, 0.6) is 0 Å². The average molecular weight is 404 g/mol. The number of aryl methyl sites for hydroxylation is 1. The van der Waals surface area contributed by atoms with Gasteiger partial charge in [0.05, 0.1) is 26.3 Å². The number of nitrogens with zero attached hydrogens (tertiary/aromatic N) is 1. The lowest BCUT2D eigenvalue weighted by molar-refractivity contribution is -0.908. The molecule has 1 aliphatic heterocycles. The number of rotatable bonds is 7. The van der Waals surface area contributed by atoms with Crippen LogP contribution in [0.4, 0.5) is 0 Å². The van der Waals surface area contributed by atoms with Gasteiger partial charge >= 0.3 is 0 Å². The number of morpholine rings is 1. The number of benzene rings is 1. The second-order valence-electron chi connectivity index (χ2n) is 7.44. The lowest BCUT2D eigenvalue weighted by atomic mass is 10.1. The van der Waals surface area contributed by atoms with E-state index in [0.717, 1.165) is 68.8 Å². The molecule has 28 heavy (non-hydrogen) atoms. The number of hydrogen-bond donors (Lipinski definition) is 3. The number of quaternary nitrogens is 1. The van der Waals surface area contributed by atoms with Crippen LogP contribution in [0.3, 0.4) is 0 Å². The standard InChI is InChI=1S/C21H30N4O2S/c1-3-22-21(28)25(8-4-7-24-9-11-27-12-10-24)15-18-14-17-13-16(2)5-6-19(17)23-20(18)26/h5-6,13-14H,3-4,7-12,15H2,1-2H3,(H,22,28)(H,23,26)/p+1. The Balaban J connectivity index is 1.71. The first-order valence-corrected chi connectivity index (χ1v) is 10.5. The Labute approximate surface area is 171 Å². The number of thiocarbonyl (C=S) groups is 1. The van der Waals surface area contributed by atoms with Crippen molar-refractivity contribution >= 4 is 28.2 Å². The first kappa shape index (κ1) is 20.8. The average Bonchev–Trinajstić information content (AvgIpc) is 2.69. The van der Waals surface area contributed by atoms with Crippen molar-refractivity contribution < 1.29 is 9.64 Å². The fourth-order valence-electron chi connectivity index (χ4n) is 3.64. The molecule has 0 aliphatic carbocycles. The third kappa shape index (κ3) is 5.53. The summed E-state index contributed by atoms with van der Waals surface area (Å²) >= 11 is 5.58. The molecule has 0 saturated carbocycles. The molecule has 7 heteroatoms. The van der Waals surface area contributed by atoms with Gasteiger partial charge in [0.2, 0.25) is 0 Å². The summed E-state index contributed by atoms with van der Waals surface area (Å²) in [6, 6.07) is 8.07. The SMILES string of the molecule is CCNC(=S)N(CCC[NH+]1CCOCC1)Cc1cc2cc(C)ccc2[nH]c1=O. The molecule has 0 amide bonds. The van der Waals surface area contributed by atoms with Crippen LogP contribution >= 0.6 is 12.2 Å². The molecule has 1 aliphatic rings. The van der Waals surface area contributed by atoms with Gasteiger partial charge in [-0.2, -0.15) is 0 Å². The van der Waals surface area contributed by atoms with E-state index in [2.05, 4.69) is 28.2 Å². The Morgan fingerprint density at radius 2 is 2.11 bits per heavy atom. The van der Waals surface area contributed by atoms with Gasteiger partial charge in [0.15, 0.2) is 5.11 Å². The van der Waals surface area contributed by atoms with Crippen LogP contribution in [-0.2, 0) is 11.3 Å². The maximum absolute atomic E-state index is 12.6. The van der Waals surface area contributed by atoms with E-state index >= 15 is 0 Å². The van der Waals surface area contributed by atoms with Crippen LogP contribution in [0.25, 0.3) is 10.9 Å². The molecule has 3 N–H and O–H groups in total. The highest BCUT2D eigenvalue weighted by Gasteiger charge is 2.16. The quantitative estimate of drug-likeness (QED) is 0.598. The largest absolute Gasteiger partial charge is 0.370 e. The van der Waals surface area contributed by atoms with Gasteiger partial charge in [0.1, 0.15) is 13.1 Å². The molecule has 1 aromatic carbocycles. The molecular formula is C21H31N4O2S+. The zero-order chi connectivity index (χ0) is 19.9. The van der Waals surface area contributed by atoms with Gasteiger partial charge in [0, 0.05) is 30.6 Å². The monoisotopic (exact) mass is 403 g/mol. The zero-order valence-corrected chi connectivity index (χ0v) is 17.7. The molecule has 1 saturated heterocycles. The highest BCUT2D eigenvalue weighted by atomic mass is 32.1. The summed E-state index contributed by atoms with van der Waals surface area (Å²) in [4.78, 5) is 19.3. The minimum Gasteiger partial charge on any atom is -0.370 e. The molecule has 0 bridgehead atoms. The molecule has 6 nitrogen and oxygen atoms in total. The first-order chi connectivity index (χ1) is 13.6. The molecule has 1 aromatic heterocycles. The lowest BCUT2D eigenvalue weighted by Crippen LogP contribution is -3.14. The number of hydrogen-bond acceptors (Lipinski definition) is 3. The molecule has 0 unspecified atom stereocenters. The van der Waals surface area contributed by atoms with Crippen molar-refractivity contribution in [3.05, 3.63) is 45.7 Å². The first-order valence-electron chi connectivity index (χ1n) is 10.1. The number of fused-ring (bicyclic) bond motifs is 1.